The molecule has 0 aliphatic carbocycles. The number of benzene rings is 3. The fraction of sp³-hybridized carbons (Fsp3) is 0.0909. The quantitative estimate of drug-likeness (QED) is 0.362. The molecule has 3 rings (SSSR count). The highest BCUT2D eigenvalue weighted by atomic mass is 35.5. The average molecular weight is 469 g/mol. The van der Waals surface area contributed by atoms with Crippen LogP contribution in [0.3, 0.4) is 0 Å². The molecule has 0 saturated heterocycles. The van der Waals surface area contributed by atoms with Crippen LogP contribution >= 0.6 is 46.4 Å². The van der Waals surface area contributed by atoms with Crippen molar-refractivity contribution in [3.05, 3.63) is 92.9 Å². The van der Waals surface area contributed by atoms with Crippen molar-refractivity contribution in [1.82, 2.24) is 0 Å². The van der Waals surface area contributed by atoms with Crippen LogP contribution in [0.25, 0.3) is 0 Å². The van der Waals surface area contributed by atoms with E-state index in [1.54, 1.807) is 12.1 Å². The summed E-state index contributed by atoms with van der Waals surface area (Å²) in [7, 11) is 0. The first-order chi connectivity index (χ1) is 14.0. The van der Waals surface area contributed by atoms with Gasteiger partial charge in [0, 0.05) is 12.2 Å². The molecule has 3 aromatic carbocycles. The molecule has 0 spiro atoms. The Morgan fingerprint density at radius 3 is 2.24 bits per heavy atom. The van der Waals surface area contributed by atoms with Gasteiger partial charge in [-0.2, -0.15) is 0 Å². The number of hydrogen-bond donors (Lipinski definition) is 1. The molecule has 0 amide bonds. The SMILES string of the molecule is ClC(Cl)=CCOc1c(Cl)cc(NCc2cccc(Oc3ccccc3)c2)cc1Cl. The van der Waals surface area contributed by atoms with Crippen LogP contribution < -0.4 is 14.8 Å². The molecule has 0 atom stereocenters. The van der Waals surface area contributed by atoms with Crippen LogP contribution in [0, 0.1) is 0 Å². The predicted molar refractivity (Wildman–Crippen MR) is 122 cm³/mol. The largest absolute Gasteiger partial charge is 0.486 e. The van der Waals surface area contributed by atoms with Crippen LogP contribution in [0.15, 0.2) is 77.3 Å². The second kappa shape index (κ2) is 10.7. The van der Waals surface area contributed by atoms with Gasteiger partial charge in [-0.1, -0.05) is 76.7 Å². The van der Waals surface area contributed by atoms with Gasteiger partial charge in [-0.25, -0.2) is 0 Å². The topological polar surface area (TPSA) is 30.5 Å². The Labute approximate surface area is 189 Å². The lowest BCUT2D eigenvalue weighted by Crippen LogP contribution is -2.01. The Kier molecular flexibility index (Phi) is 7.96. The number of ether oxygens (including phenoxy) is 2. The molecule has 1 N–H and O–H groups in total. The minimum atomic E-state index is 0.119. The van der Waals surface area contributed by atoms with Gasteiger partial charge in [0.1, 0.15) is 22.6 Å². The minimum absolute atomic E-state index is 0.119. The molecule has 0 aliphatic rings. The van der Waals surface area contributed by atoms with E-state index in [-0.39, 0.29) is 11.1 Å². The maximum absolute atomic E-state index is 6.29. The second-order valence-corrected chi connectivity index (χ2v) is 7.81. The summed E-state index contributed by atoms with van der Waals surface area (Å²) in [6, 6.07) is 21.0. The molecule has 0 aromatic heterocycles. The first-order valence-corrected chi connectivity index (χ1v) is 10.2. The molecule has 7 heteroatoms. The number of rotatable bonds is 8. The van der Waals surface area contributed by atoms with Gasteiger partial charge < -0.3 is 14.8 Å². The van der Waals surface area contributed by atoms with E-state index in [4.69, 9.17) is 55.9 Å². The minimum Gasteiger partial charge on any atom is -0.486 e. The molecule has 3 nitrogen and oxygen atoms in total. The average Bonchev–Trinajstić information content (AvgIpc) is 2.69. The molecule has 3 aromatic rings. The molecular formula is C22H17Cl4NO2. The van der Waals surface area contributed by atoms with E-state index in [9.17, 15) is 0 Å². The summed E-state index contributed by atoms with van der Waals surface area (Å²) in [5.41, 5.74) is 1.82. The van der Waals surface area contributed by atoms with Crippen LogP contribution in [0.5, 0.6) is 17.2 Å². The third-order valence-electron chi connectivity index (χ3n) is 3.84. The van der Waals surface area contributed by atoms with Crippen molar-refractivity contribution in [2.75, 3.05) is 11.9 Å². The molecule has 0 bridgehead atoms. The first-order valence-electron chi connectivity index (χ1n) is 8.70. The summed E-state index contributed by atoms with van der Waals surface area (Å²) < 4.78 is 11.5. The van der Waals surface area contributed by atoms with Crippen molar-refractivity contribution in [2.24, 2.45) is 0 Å². The molecular weight excluding hydrogens is 452 g/mol. The Hall–Kier alpha value is -2.04. The van der Waals surface area contributed by atoms with Crippen molar-refractivity contribution in [3.8, 4) is 17.2 Å². The first kappa shape index (κ1) is 21.7. The zero-order valence-corrected chi connectivity index (χ0v) is 18.2. The summed E-state index contributed by atoms with van der Waals surface area (Å²) in [4.78, 5) is 0. The van der Waals surface area contributed by atoms with E-state index >= 15 is 0 Å². The van der Waals surface area contributed by atoms with E-state index in [0.717, 1.165) is 22.7 Å². The van der Waals surface area contributed by atoms with Gasteiger partial charge in [0.05, 0.1) is 10.0 Å². The van der Waals surface area contributed by atoms with E-state index in [0.29, 0.717) is 22.3 Å². The monoisotopic (exact) mass is 467 g/mol. The number of anilines is 1. The van der Waals surface area contributed by atoms with Gasteiger partial charge in [0.15, 0.2) is 5.75 Å². The molecule has 0 radical (unpaired) electrons. The van der Waals surface area contributed by atoms with Gasteiger partial charge in [-0.3, -0.25) is 0 Å². The zero-order valence-electron chi connectivity index (χ0n) is 15.2. The predicted octanol–water partition coefficient (Wildman–Crippen LogP) is 8.10. The smallest absolute Gasteiger partial charge is 0.157 e. The normalized spacial score (nSPS) is 10.3. The number of halogens is 4. The van der Waals surface area contributed by atoms with E-state index < -0.39 is 0 Å². The van der Waals surface area contributed by atoms with Crippen molar-refractivity contribution >= 4 is 52.1 Å². The van der Waals surface area contributed by atoms with E-state index in [1.807, 2.05) is 54.6 Å². The van der Waals surface area contributed by atoms with E-state index in [2.05, 4.69) is 5.32 Å². The van der Waals surface area contributed by atoms with Crippen LogP contribution in [0.4, 0.5) is 5.69 Å². The van der Waals surface area contributed by atoms with Gasteiger partial charge in [-0.05, 0) is 48.0 Å². The zero-order chi connectivity index (χ0) is 20.6. The lowest BCUT2D eigenvalue weighted by molar-refractivity contribution is 0.363. The summed E-state index contributed by atoms with van der Waals surface area (Å²) in [5, 5.41) is 4.08. The van der Waals surface area contributed by atoms with Crippen molar-refractivity contribution in [1.29, 1.82) is 0 Å². The van der Waals surface area contributed by atoms with Gasteiger partial charge >= 0.3 is 0 Å². The summed E-state index contributed by atoms with van der Waals surface area (Å²) in [6.07, 6.45) is 1.51. The highest BCUT2D eigenvalue weighted by Crippen LogP contribution is 2.36. The standard InChI is InChI=1S/C22H17Cl4NO2/c23-19-12-16(13-20(24)22(19)28-10-9-21(25)26)27-14-15-5-4-8-18(11-15)29-17-6-2-1-3-7-17/h1-9,11-13,27H,10,14H2. The summed E-state index contributed by atoms with van der Waals surface area (Å²) >= 11 is 23.7. The van der Waals surface area contributed by atoms with Crippen LogP contribution in [0.2, 0.25) is 10.0 Å². The highest BCUT2D eigenvalue weighted by Gasteiger charge is 2.10. The van der Waals surface area contributed by atoms with Crippen molar-refractivity contribution < 1.29 is 9.47 Å². The Morgan fingerprint density at radius 2 is 1.55 bits per heavy atom. The highest BCUT2D eigenvalue weighted by molar-refractivity contribution is 6.55. The third kappa shape index (κ3) is 6.76. The van der Waals surface area contributed by atoms with Gasteiger partial charge in [0.2, 0.25) is 0 Å². The Balaban J connectivity index is 1.64. The lowest BCUT2D eigenvalue weighted by Gasteiger charge is -2.13. The molecule has 150 valence electrons. The number of nitrogens with one attached hydrogen (secondary N) is 1. The molecule has 0 saturated carbocycles. The maximum Gasteiger partial charge on any atom is 0.157 e. The number of hydrogen-bond acceptors (Lipinski definition) is 3. The molecule has 0 heterocycles. The fourth-order valence-electron chi connectivity index (χ4n) is 2.54. The summed E-state index contributed by atoms with van der Waals surface area (Å²) in [6.45, 7) is 0.742. The van der Waals surface area contributed by atoms with Crippen LogP contribution in [0.1, 0.15) is 5.56 Å². The Morgan fingerprint density at radius 1 is 0.862 bits per heavy atom. The van der Waals surface area contributed by atoms with Gasteiger partial charge in [0.25, 0.3) is 0 Å². The Bertz CT molecular complexity index is 966. The van der Waals surface area contributed by atoms with Crippen molar-refractivity contribution in [2.45, 2.75) is 6.54 Å². The van der Waals surface area contributed by atoms with E-state index in [1.165, 1.54) is 6.08 Å². The maximum atomic E-state index is 6.29. The second-order valence-electron chi connectivity index (χ2n) is 5.99. The fourth-order valence-corrected chi connectivity index (χ4v) is 3.26. The lowest BCUT2D eigenvalue weighted by atomic mass is 10.2. The van der Waals surface area contributed by atoms with Gasteiger partial charge in [-0.15, -0.1) is 0 Å². The number of para-hydroxylation sites is 1. The molecule has 0 unspecified atom stereocenters. The molecule has 0 aliphatic heterocycles. The molecule has 0 fully saturated rings. The van der Waals surface area contributed by atoms with Crippen LogP contribution in [-0.2, 0) is 6.54 Å². The third-order valence-corrected chi connectivity index (χ3v) is 4.71. The van der Waals surface area contributed by atoms with Crippen LogP contribution in [-0.4, -0.2) is 6.61 Å². The van der Waals surface area contributed by atoms with Crippen molar-refractivity contribution in [3.63, 3.8) is 0 Å². The summed E-state index contributed by atoms with van der Waals surface area (Å²) in [5.74, 6) is 1.93. The molecule has 29 heavy (non-hydrogen) atoms.